The van der Waals surface area contributed by atoms with E-state index in [1.807, 2.05) is 12.1 Å². The first kappa shape index (κ1) is 23.8. The highest BCUT2D eigenvalue weighted by Gasteiger charge is 2.36. The Morgan fingerprint density at radius 1 is 1.03 bits per heavy atom. The van der Waals surface area contributed by atoms with Gasteiger partial charge in [0.25, 0.3) is 10.0 Å². The van der Waals surface area contributed by atoms with E-state index in [-0.39, 0.29) is 21.4 Å². The molecule has 0 bridgehead atoms. The topological polar surface area (TPSA) is 92.8 Å². The standard InChI is InChI=1S/C25H23ClN2O5S/c1-15(2)16-8-11-22-19(12-16)18-6-4-5-7-23(18)34(31,32)28(22)14-24(29)27-17-9-10-21(26)20(13-17)25(30)33-3/h4-13,15H,14H2,1-3H3,(H,27,29). The third kappa shape index (κ3) is 4.26. The normalized spacial score (nSPS) is 13.7. The Morgan fingerprint density at radius 3 is 2.47 bits per heavy atom. The lowest BCUT2D eigenvalue weighted by atomic mass is 9.95. The molecule has 1 N–H and O–H groups in total. The molecule has 34 heavy (non-hydrogen) atoms. The van der Waals surface area contributed by atoms with Crippen molar-refractivity contribution >= 4 is 44.9 Å². The van der Waals surface area contributed by atoms with Crippen molar-refractivity contribution in [2.24, 2.45) is 0 Å². The number of methoxy groups -OCH3 is 1. The van der Waals surface area contributed by atoms with Crippen LogP contribution in [0.5, 0.6) is 0 Å². The molecule has 0 saturated heterocycles. The van der Waals surface area contributed by atoms with Crippen LogP contribution in [-0.2, 0) is 19.6 Å². The van der Waals surface area contributed by atoms with Gasteiger partial charge in [0, 0.05) is 16.8 Å². The molecular weight excluding hydrogens is 476 g/mol. The number of hydrogen-bond acceptors (Lipinski definition) is 5. The molecule has 0 aliphatic carbocycles. The fraction of sp³-hybridized carbons (Fsp3) is 0.200. The number of ether oxygens (including phenoxy) is 1. The predicted octanol–water partition coefficient (Wildman–Crippen LogP) is 5.06. The number of benzene rings is 3. The van der Waals surface area contributed by atoms with Gasteiger partial charge in [-0.2, -0.15) is 0 Å². The summed E-state index contributed by atoms with van der Waals surface area (Å²) >= 11 is 6.04. The van der Waals surface area contributed by atoms with Crippen LogP contribution in [0.4, 0.5) is 11.4 Å². The fourth-order valence-electron chi connectivity index (χ4n) is 3.88. The summed E-state index contributed by atoms with van der Waals surface area (Å²) in [7, 11) is -2.74. The van der Waals surface area contributed by atoms with Crippen LogP contribution in [-0.4, -0.2) is 33.9 Å². The number of rotatable bonds is 5. The Morgan fingerprint density at radius 2 is 1.76 bits per heavy atom. The molecular formula is C25H23ClN2O5S. The number of carbonyl (C=O) groups excluding carboxylic acids is 2. The summed E-state index contributed by atoms with van der Waals surface area (Å²) in [6.45, 7) is 3.68. The Balaban J connectivity index is 1.70. The van der Waals surface area contributed by atoms with E-state index in [1.165, 1.54) is 25.3 Å². The molecule has 176 valence electrons. The summed E-state index contributed by atoms with van der Waals surface area (Å²) in [5.41, 5.74) is 3.24. The van der Waals surface area contributed by atoms with Crippen LogP contribution >= 0.6 is 11.6 Å². The molecule has 9 heteroatoms. The second kappa shape index (κ2) is 9.12. The number of fused-ring (bicyclic) bond motifs is 3. The van der Waals surface area contributed by atoms with Crippen LogP contribution in [0.3, 0.4) is 0 Å². The number of sulfonamides is 1. The van der Waals surface area contributed by atoms with Crippen molar-refractivity contribution in [2.45, 2.75) is 24.7 Å². The van der Waals surface area contributed by atoms with Gasteiger partial charge in [0.15, 0.2) is 0 Å². The molecule has 1 aliphatic rings. The SMILES string of the molecule is COC(=O)c1cc(NC(=O)CN2c3ccc(C(C)C)cc3-c3ccccc3S2(=O)=O)ccc1Cl. The summed E-state index contributed by atoms with van der Waals surface area (Å²) in [6.07, 6.45) is 0. The maximum Gasteiger partial charge on any atom is 0.339 e. The molecule has 0 radical (unpaired) electrons. The zero-order valence-corrected chi connectivity index (χ0v) is 20.4. The second-order valence-corrected chi connectivity index (χ2v) is 10.4. The number of amides is 1. The molecule has 0 saturated carbocycles. The zero-order valence-electron chi connectivity index (χ0n) is 18.8. The quantitative estimate of drug-likeness (QED) is 0.496. The van der Waals surface area contributed by atoms with Gasteiger partial charge in [-0.05, 0) is 47.9 Å². The van der Waals surface area contributed by atoms with E-state index < -0.39 is 28.4 Å². The molecule has 1 amide bonds. The fourth-order valence-corrected chi connectivity index (χ4v) is 5.72. The molecule has 0 atom stereocenters. The summed E-state index contributed by atoms with van der Waals surface area (Å²) in [5.74, 6) is -0.965. The van der Waals surface area contributed by atoms with Gasteiger partial charge in [0.1, 0.15) is 6.54 Å². The van der Waals surface area contributed by atoms with Crippen molar-refractivity contribution in [3.63, 3.8) is 0 Å². The van der Waals surface area contributed by atoms with Crippen LogP contribution in [0.15, 0.2) is 65.6 Å². The smallest absolute Gasteiger partial charge is 0.339 e. The first-order valence-corrected chi connectivity index (χ1v) is 12.4. The van der Waals surface area contributed by atoms with E-state index in [1.54, 1.807) is 30.3 Å². The molecule has 0 spiro atoms. The first-order chi connectivity index (χ1) is 16.1. The zero-order chi connectivity index (χ0) is 24.6. The van der Waals surface area contributed by atoms with Gasteiger partial charge in [0.05, 0.1) is 28.3 Å². The van der Waals surface area contributed by atoms with E-state index in [2.05, 4.69) is 19.2 Å². The number of nitrogens with zero attached hydrogens (tertiary/aromatic N) is 1. The number of hydrogen-bond donors (Lipinski definition) is 1. The number of nitrogens with one attached hydrogen (secondary N) is 1. The van der Waals surface area contributed by atoms with Crippen molar-refractivity contribution in [1.29, 1.82) is 0 Å². The Labute approximate surface area is 203 Å². The van der Waals surface area contributed by atoms with Crippen LogP contribution < -0.4 is 9.62 Å². The van der Waals surface area contributed by atoms with Crippen molar-refractivity contribution in [1.82, 2.24) is 0 Å². The minimum Gasteiger partial charge on any atom is -0.465 e. The van der Waals surface area contributed by atoms with E-state index in [0.29, 0.717) is 16.9 Å². The Bertz CT molecular complexity index is 1400. The molecule has 1 aliphatic heterocycles. The van der Waals surface area contributed by atoms with Crippen molar-refractivity contribution < 1.29 is 22.7 Å². The van der Waals surface area contributed by atoms with Crippen molar-refractivity contribution in [2.75, 3.05) is 23.3 Å². The summed E-state index contributed by atoms with van der Waals surface area (Å²) in [4.78, 5) is 25.0. The minimum absolute atomic E-state index is 0.0908. The van der Waals surface area contributed by atoms with E-state index in [9.17, 15) is 18.0 Å². The molecule has 0 fully saturated rings. The van der Waals surface area contributed by atoms with Crippen molar-refractivity contribution in [3.05, 3.63) is 76.8 Å². The lowest BCUT2D eigenvalue weighted by Crippen LogP contribution is -2.40. The van der Waals surface area contributed by atoms with Gasteiger partial charge in [0.2, 0.25) is 5.91 Å². The number of carbonyl (C=O) groups is 2. The molecule has 3 aromatic rings. The van der Waals surface area contributed by atoms with Crippen LogP contribution in [0.25, 0.3) is 11.1 Å². The second-order valence-electron chi connectivity index (χ2n) is 8.17. The van der Waals surface area contributed by atoms with Crippen molar-refractivity contribution in [3.8, 4) is 11.1 Å². The highest BCUT2D eigenvalue weighted by molar-refractivity contribution is 7.93. The largest absolute Gasteiger partial charge is 0.465 e. The van der Waals surface area contributed by atoms with E-state index >= 15 is 0 Å². The van der Waals surface area contributed by atoms with E-state index in [0.717, 1.165) is 15.4 Å². The molecule has 4 rings (SSSR count). The van der Waals surface area contributed by atoms with Gasteiger partial charge >= 0.3 is 5.97 Å². The van der Waals surface area contributed by atoms with E-state index in [4.69, 9.17) is 16.3 Å². The minimum atomic E-state index is -3.97. The number of esters is 1. The van der Waals surface area contributed by atoms with Gasteiger partial charge < -0.3 is 10.1 Å². The number of halogens is 1. The average Bonchev–Trinajstić information content (AvgIpc) is 2.82. The maximum absolute atomic E-state index is 13.5. The lowest BCUT2D eigenvalue weighted by molar-refractivity contribution is -0.114. The number of anilines is 2. The highest BCUT2D eigenvalue weighted by atomic mass is 35.5. The Hall–Kier alpha value is -3.36. The van der Waals surface area contributed by atoms with Crippen LogP contribution in [0, 0.1) is 0 Å². The summed E-state index contributed by atoms with van der Waals surface area (Å²) in [6, 6.07) is 16.7. The maximum atomic E-state index is 13.5. The van der Waals surface area contributed by atoms with Crippen LogP contribution in [0.2, 0.25) is 5.02 Å². The average molecular weight is 499 g/mol. The molecule has 1 heterocycles. The highest BCUT2D eigenvalue weighted by Crippen LogP contribution is 2.44. The van der Waals surface area contributed by atoms with Gasteiger partial charge in [-0.15, -0.1) is 0 Å². The van der Waals surface area contributed by atoms with Crippen LogP contribution in [0.1, 0.15) is 35.7 Å². The molecule has 7 nitrogen and oxygen atoms in total. The third-order valence-corrected chi connectivity index (χ3v) is 7.79. The Kier molecular flexibility index (Phi) is 6.38. The summed E-state index contributed by atoms with van der Waals surface area (Å²) in [5, 5.41) is 2.82. The van der Waals surface area contributed by atoms with Gasteiger partial charge in [-0.3, -0.25) is 9.10 Å². The lowest BCUT2D eigenvalue weighted by Gasteiger charge is -2.32. The summed E-state index contributed by atoms with van der Waals surface area (Å²) < 4.78 is 32.7. The molecule has 3 aromatic carbocycles. The predicted molar refractivity (Wildman–Crippen MR) is 132 cm³/mol. The third-order valence-electron chi connectivity index (χ3n) is 5.64. The van der Waals surface area contributed by atoms with Gasteiger partial charge in [-0.25, -0.2) is 13.2 Å². The monoisotopic (exact) mass is 498 g/mol. The molecule has 0 aromatic heterocycles. The van der Waals surface area contributed by atoms with Gasteiger partial charge in [-0.1, -0.05) is 49.7 Å². The molecule has 0 unspecified atom stereocenters. The first-order valence-electron chi connectivity index (χ1n) is 10.6.